The molecule has 1 aliphatic heterocycles. The molecule has 1 saturated heterocycles. The molecular formula is C24H34N6O6S. The fraction of sp³-hybridized carbons (Fsp3) is 0.458. The first-order valence-corrected chi connectivity index (χ1v) is 13.5. The number of hydrogen-bond acceptors (Lipinski definition) is 7. The lowest BCUT2D eigenvalue weighted by molar-refractivity contribution is -0.135. The number of ether oxygens (including phenoxy) is 1. The standard InChI is InChI=1S/C24H34N6O6S/c1-36-19-8-6-16-7-9-20(13-17(16)12-19)37(34,35)29-21(15-31)23(33)30-11-3-4-18(30)14-28-22(32)5-2-10-27-24(25)26/h6-9,12-13,18,21,29,31H,2-5,10-11,14-15H2,1H3,(H,28,32)(H4,25,26,27)/t18-,21-/m0/s1. The number of guanidine groups is 1. The van der Waals surface area contributed by atoms with Crippen molar-refractivity contribution in [3.8, 4) is 5.75 Å². The molecule has 0 spiro atoms. The first-order valence-electron chi connectivity index (χ1n) is 12.0. The Balaban J connectivity index is 1.62. The van der Waals surface area contributed by atoms with Crippen LogP contribution in [0, 0.1) is 5.41 Å². The summed E-state index contributed by atoms with van der Waals surface area (Å²) in [6.07, 6.45) is 2.08. The smallest absolute Gasteiger partial charge is 0.243 e. The van der Waals surface area contributed by atoms with Gasteiger partial charge in [0.25, 0.3) is 0 Å². The zero-order valence-corrected chi connectivity index (χ0v) is 21.5. The highest BCUT2D eigenvalue weighted by Crippen LogP contribution is 2.24. The summed E-state index contributed by atoms with van der Waals surface area (Å²) in [4.78, 5) is 26.8. The molecule has 0 unspecified atom stereocenters. The highest BCUT2D eigenvalue weighted by Gasteiger charge is 2.35. The van der Waals surface area contributed by atoms with Gasteiger partial charge in [-0.05, 0) is 54.3 Å². The van der Waals surface area contributed by atoms with E-state index in [4.69, 9.17) is 15.9 Å². The van der Waals surface area contributed by atoms with E-state index >= 15 is 0 Å². The van der Waals surface area contributed by atoms with Gasteiger partial charge >= 0.3 is 0 Å². The molecule has 13 heteroatoms. The van der Waals surface area contributed by atoms with Crippen LogP contribution >= 0.6 is 0 Å². The van der Waals surface area contributed by atoms with Crippen molar-refractivity contribution in [2.24, 2.45) is 5.73 Å². The number of nitrogens with two attached hydrogens (primary N) is 1. The zero-order chi connectivity index (χ0) is 27.0. The van der Waals surface area contributed by atoms with Crippen molar-refractivity contribution in [1.29, 1.82) is 5.41 Å². The largest absolute Gasteiger partial charge is 0.497 e. The summed E-state index contributed by atoms with van der Waals surface area (Å²) in [5.41, 5.74) is 5.20. The lowest BCUT2D eigenvalue weighted by Crippen LogP contribution is -2.53. The Morgan fingerprint density at radius 1 is 1.22 bits per heavy atom. The van der Waals surface area contributed by atoms with Crippen LogP contribution in [0.15, 0.2) is 41.3 Å². The van der Waals surface area contributed by atoms with Crippen molar-refractivity contribution in [1.82, 2.24) is 20.3 Å². The number of fused-ring (bicyclic) bond motifs is 1. The number of aliphatic hydroxyl groups is 1. The minimum absolute atomic E-state index is 0.0380. The van der Waals surface area contributed by atoms with Crippen molar-refractivity contribution in [3.63, 3.8) is 0 Å². The van der Waals surface area contributed by atoms with Crippen LogP contribution < -0.4 is 25.8 Å². The molecule has 12 nitrogen and oxygen atoms in total. The third-order valence-corrected chi connectivity index (χ3v) is 7.67. The summed E-state index contributed by atoms with van der Waals surface area (Å²) in [7, 11) is -2.60. The number of carbonyl (C=O) groups excluding carboxylic acids is 2. The molecule has 3 rings (SSSR count). The van der Waals surface area contributed by atoms with Crippen molar-refractivity contribution >= 4 is 38.6 Å². The average Bonchev–Trinajstić information content (AvgIpc) is 3.36. The molecule has 2 amide bonds. The van der Waals surface area contributed by atoms with E-state index in [9.17, 15) is 23.1 Å². The van der Waals surface area contributed by atoms with E-state index in [2.05, 4.69) is 15.4 Å². The molecule has 1 heterocycles. The maximum atomic E-state index is 13.2. The number of hydrogen-bond donors (Lipinski definition) is 6. The molecule has 0 aromatic heterocycles. The molecule has 202 valence electrons. The molecule has 0 aliphatic carbocycles. The topological polar surface area (TPSA) is 187 Å². The van der Waals surface area contributed by atoms with E-state index in [-0.39, 0.29) is 35.8 Å². The Kier molecular flexibility index (Phi) is 9.66. The molecule has 37 heavy (non-hydrogen) atoms. The van der Waals surface area contributed by atoms with E-state index < -0.39 is 28.6 Å². The number of rotatable bonds is 12. The summed E-state index contributed by atoms with van der Waals surface area (Å²) in [5.74, 6) is -0.318. The van der Waals surface area contributed by atoms with E-state index in [1.165, 1.54) is 24.1 Å². The summed E-state index contributed by atoms with van der Waals surface area (Å²) in [5, 5.41) is 23.9. The van der Waals surface area contributed by atoms with Crippen molar-refractivity contribution in [2.75, 3.05) is 33.4 Å². The maximum absolute atomic E-state index is 13.2. The molecule has 2 aromatic carbocycles. The Labute approximate surface area is 216 Å². The number of nitrogens with zero attached hydrogens (tertiary/aromatic N) is 1. The Morgan fingerprint density at radius 3 is 2.68 bits per heavy atom. The fourth-order valence-corrected chi connectivity index (χ4v) is 5.46. The van der Waals surface area contributed by atoms with Crippen LogP contribution in [0.3, 0.4) is 0 Å². The van der Waals surface area contributed by atoms with Gasteiger partial charge in [-0.1, -0.05) is 12.1 Å². The predicted molar refractivity (Wildman–Crippen MR) is 139 cm³/mol. The van der Waals surface area contributed by atoms with Crippen LogP contribution in [0.2, 0.25) is 0 Å². The van der Waals surface area contributed by atoms with Crippen LogP contribution in [0.1, 0.15) is 25.7 Å². The monoisotopic (exact) mass is 534 g/mol. The number of benzene rings is 2. The molecule has 2 atom stereocenters. The van der Waals surface area contributed by atoms with Gasteiger partial charge in [0.15, 0.2) is 5.96 Å². The fourth-order valence-electron chi connectivity index (χ4n) is 4.25. The second-order valence-electron chi connectivity index (χ2n) is 8.81. The van der Waals surface area contributed by atoms with Crippen molar-refractivity contribution in [3.05, 3.63) is 36.4 Å². The minimum atomic E-state index is -4.12. The molecule has 2 aromatic rings. The van der Waals surface area contributed by atoms with Crippen LogP contribution in [0.5, 0.6) is 5.75 Å². The quantitative estimate of drug-likeness (QED) is 0.123. The van der Waals surface area contributed by atoms with E-state index in [0.29, 0.717) is 43.5 Å². The highest BCUT2D eigenvalue weighted by molar-refractivity contribution is 7.89. The lowest BCUT2D eigenvalue weighted by atomic mass is 10.1. The van der Waals surface area contributed by atoms with Gasteiger partial charge in [-0.15, -0.1) is 0 Å². The number of likely N-dealkylation sites (tertiary alicyclic amines) is 1. The second-order valence-corrected chi connectivity index (χ2v) is 10.5. The Morgan fingerprint density at radius 2 is 1.97 bits per heavy atom. The summed E-state index contributed by atoms with van der Waals surface area (Å²) >= 11 is 0. The van der Waals surface area contributed by atoms with E-state index in [0.717, 1.165) is 5.39 Å². The lowest BCUT2D eigenvalue weighted by Gasteiger charge is -2.28. The number of sulfonamides is 1. The van der Waals surface area contributed by atoms with Gasteiger partial charge in [0.05, 0.1) is 18.6 Å². The van der Waals surface area contributed by atoms with Crippen molar-refractivity contribution in [2.45, 2.75) is 42.7 Å². The number of aliphatic hydroxyl groups excluding tert-OH is 1. The van der Waals surface area contributed by atoms with Gasteiger partial charge in [-0.2, -0.15) is 4.72 Å². The molecule has 7 N–H and O–H groups in total. The third kappa shape index (κ3) is 7.54. The summed E-state index contributed by atoms with van der Waals surface area (Å²) in [6, 6.07) is 8.22. The number of methoxy groups -OCH3 is 1. The van der Waals surface area contributed by atoms with Crippen LogP contribution in [0.25, 0.3) is 10.8 Å². The molecule has 1 fully saturated rings. The number of nitrogens with one attached hydrogen (secondary N) is 4. The van der Waals surface area contributed by atoms with E-state index in [1.807, 2.05) is 6.07 Å². The van der Waals surface area contributed by atoms with Gasteiger partial charge < -0.3 is 31.1 Å². The highest BCUT2D eigenvalue weighted by atomic mass is 32.2. The molecule has 0 radical (unpaired) electrons. The molecule has 0 saturated carbocycles. The van der Waals surface area contributed by atoms with E-state index in [1.54, 1.807) is 18.2 Å². The van der Waals surface area contributed by atoms with Gasteiger partial charge in [0, 0.05) is 32.1 Å². The number of carbonyl (C=O) groups is 2. The number of amides is 2. The summed E-state index contributed by atoms with van der Waals surface area (Å²) in [6.45, 7) is 0.316. The van der Waals surface area contributed by atoms with Gasteiger partial charge in [-0.25, -0.2) is 8.42 Å². The minimum Gasteiger partial charge on any atom is -0.497 e. The molecule has 1 aliphatic rings. The van der Waals surface area contributed by atoms with Crippen LogP contribution in [-0.2, 0) is 19.6 Å². The molecule has 0 bridgehead atoms. The van der Waals surface area contributed by atoms with Gasteiger partial charge in [-0.3, -0.25) is 15.0 Å². The van der Waals surface area contributed by atoms with Crippen LogP contribution in [0.4, 0.5) is 0 Å². The van der Waals surface area contributed by atoms with Crippen LogP contribution in [-0.4, -0.2) is 81.6 Å². The molecular weight excluding hydrogens is 500 g/mol. The summed E-state index contributed by atoms with van der Waals surface area (Å²) < 4.78 is 33.7. The zero-order valence-electron chi connectivity index (χ0n) is 20.7. The van der Waals surface area contributed by atoms with Gasteiger partial charge in [0.2, 0.25) is 21.8 Å². The van der Waals surface area contributed by atoms with Gasteiger partial charge in [0.1, 0.15) is 11.8 Å². The Bertz CT molecular complexity index is 1240. The average molecular weight is 535 g/mol. The first kappa shape index (κ1) is 28.2. The maximum Gasteiger partial charge on any atom is 0.243 e. The SMILES string of the molecule is COc1ccc2ccc(S(=O)(=O)N[C@@H](CO)C(=O)N3CCC[C@H]3CNC(=O)CCCNC(=N)N)cc2c1. The predicted octanol–water partition coefficient (Wildman–Crippen LogP) is -0.142. The Hall–Kier alpha value is -3.42. The van der Waals surface area contributed by atoms with Crippen molar-refractivity contribution < 1.29 is 27.9 Å². The third-order valence-electron chi connectivity index (χ3n) is 6.20. The normalized spacial score (nSPS) is 16.4. The second kappa shape index (κ2) is 12.7. The first-order chi connectivity index (χ1) is 17.6.